The summed E-state index contributed by atoms with van der Waals surface area (Å²) in [5.41, 5.74) is 4.43. The van der Waals surface area contributed by atoms with Crippen molar-refractivity contribution in [3.63, 3.8) is 0 Å². The maximum absolute atomic E-state index is 10.8. The number of benzene rings is 2. The molecule has 3 rings (SSSR count). The Morgan fingerprint density at radius 2 is 1.65 bits per heavy atom. The third-order valence-corrected chi connectivity index (χ3v) is 3.55. The fourth-order valence-electron chi connectivity index (χ4n) is 2.22. The fourth-order valence-corrected chi connectivity index (χ4v) is 2.22. The summed E-state index contributed by atoms with van der Waals surface area (Å²) in [7, 11) is 0. The quantitative estimate of drug-likeness (QED) is 0.747. The number of hydrogen-bond acceptors (Lipinski definition) is 2. The first-order valence-corrected chi connectivity index (χ1v) is 6.39. The van der Waals surface area contributed by atoms with E-state index >= 15 is 0 Å². The van der Waals surface area contributed by atoms with Crippen LogP contribution in [0.4, 0.5) is 0 Å². The molecule has 3 heteroatoms. The molecule has 0 atom stereocenters. The Morgan fingerprint density at radius 1 is 1.00 bits per heavy atom. The van der Waals surface area contributed by atoms with E-state index in [0.29, 0.717) is 0 Å². The number of carbonyl (C=O) groups is 1. The first-order valence-electron chi connectivity index (χ1n) is 6.39. The molecule has 1 heterocycles. The van der Waals surface area contributed by atoms with Gasteiger partial charge in [-0.1, -0.05) is 12.1 Å². The molecular formula is C17H14O3. The van der Waals surface area contributed by atoms with Gasteiger partial charge in [-0.2, -0.15) is 0 Å². The molecule has 0 saturated carbocycles. The lowest BCUT2D eigenvalue weighted by molar-refractivity contribution is 0.0697. The molecule has 0 aliphatic carbocycles. The highest BCUT2D eigenvalue weighted by Crippen LogP contribution is 2.29. The van der Waals surface area contributed by atoms with Crippen LogP contribution in [0.5, 0.6) is 0 Å². The Morgan fingerprint density at radius 3 is 2.30 bits per heavy atom. The van der Waals surface area contributed by atoms with Crippen molar-refractivity contribution in [1.29, 1.82) is 0 Å². The van der Waals surface area contributed by atoms with Gasteiger partial charge in [0.2, 0.25) is 0 Å². The molecule has 2 aromatic carbocycles. The average molecular weight is 266 g/mol. The van der Waals surface area contributed by atoms with Gasteiger partial charge < -0.3 is 9.52 Å². The van der Waals surface area contributed by atoms with Gasteiger partial charge >= 0.3 is 5.97 Å². The zero-order chi connectivity index (χ0) is 14.3. The van der Waals surface area contributed by atoms with Gasteiger partial charge in [0.25, 0.3) is 0 Å². The van der Waals surface area contributed by atoms with Crippen molar-refractivity contribution in [2.75, 3.05) is 0 Å². The largest absolute Gasteiger partial charge is 0.478 e. The van der Waals surface area contributed by atoms with Gasteiger partial charge in [0.05, 0.1) is 5.56 Å². The van der Waals surface area contributed by atoms with Gasteiger partial charge in [0, 0.05) is 10.9 Å². The monoisotopic (exact) mass is 266 g/mol. The summed E-state index contributed by atoms with van der Waals surface area (Å²) in [6.45, 7) is 4.13. The smallest absolute Gasteiger partial charge is 0.335 e. The van der Waals surface area contributed by atoms with Crippen LogP contribution in [0, 0.1) is 13.8 Å². The number of aromatic carboxylic acids is 1. The van der Waals surface area contributed by atoms with E-state index in [-0.39, 0.29) is 5.56 Å². The summed E-state index contributed by atoms with van der Waals surface area (Å²) >= 11 is 0. The molecule has 0 saturated heterocycles. The van der Waals surface area contributed by atoms with Crippen LogP contribution in [0.3, 0.4) is 0 Å². The predicted molar refractivity (Wildman–Crippen MR) is 78.1 cm³/mol. The third kappa shape index (κ3) is 2.07. The van der Waals surface area contributed by atoms with E-state index in [1.807, 2.05) is 12.1 Å². The first kappa shape index (κ1) is 12.5. The normalized spacial score (nSPS) is 10.9. The zero-order valence-corrected chi connectivity index (χ0v) is 11.3. The maximum atomic E-state index is 10.8. The number of hydrogen-bond donors (Lipinski definition) is 1. The predicted octanol–water partition coefficient (Wildman–Crippen LogP) is 4.41. The van der Waals surface area contributed by atoms with Crippen LogP contribution in [0.25, 0.3) is 22.3 Å². The van der Waals surface area contributed by atoms with Crippen molar-refractivity contribution in [3.05, 3.63) is 59.2 Å². The van der Waals surface area contributed by atoms with E-state index < -0.39 is 5.97 Å². The maximum Gasteiger partial charge on any atom is 0.335 e. The number of carboxylic acid groups (broad SMARTS) is 1. The third-order valence-electron chi connectivity index (χ3n) is 3.55. The van der Waals surface area contributed by atoms with Crippen LogP contribution in [0.15, 0.2) is 46.9 Å². The summed E-state index contributed by atoms with van der Waals surface area (Å²) in [5.74, 6) is -0.172. The lowest BCUT2D eigenvalue weighted by Crippen LogP contribution is -1.94. The lowest BCUT2D eigenvalue weighted by Gasteiger charge is -1.98. The summed E-state index contributed by atoms with van der Waals surface area (Å²) in [6.07, 6.45) is 0. The van der Waals surface area contributed by atoms with Crippen LogP contribution < -0.4 is 0 Å². The van der Waals surface area contributed by atoms with Gasteiger partial charge in [0.1, 0.15) is 11.3 Å². The second-order valence-corrected chi connectivity index (χ2v) is 4.97. The molecule has 0 amide bonds. The second-order valence-electron chi connectivity index (χ2n) is 4.97. The average Bonchev–Trinajstić information content (AvgIpc) is 2.82. The van der Waals surface area contributed by atoms with Gasteiger partial charge in [-0.3, -0.25) is 0 Å². The Bertz CT molecular complexity index is 756. The van der Waals surface area contributed by atoms with Crippen LogP contribution in [0.2, 0.25) is 0 Å². The minimum absolute atomic E-state index is 0.275. The summed E-state index contributed by atoms with van der Waals surface area (Å²) in [5, 5.41) is 9.96. The van der Waals surface area contributed by atoms with Crippen molar-refractivity contribution in [2.45, 2.75) is 13.8 Å². The van der Waals surface area contributed by atoms with Crippen molar-refractivity contribution >= 4 is 16.9 Å². The Hall–Kier alpha value is -2.55. The second kappa shape index (κ2) is 4.53. The van der Waals surface area contributed by atoms with Crippen LogP contribution >= 0.6 is 0 Å². The van der Waals surface area contributed by atoms with Crippen LogP contribution in [0.1, 0.15) is 21.5 Å². The molecule has 1 aromatic heterocycles. The van der Waals surface area contributed by atoms with Crippen molar-refractivity contribution in [1.82, 2.24) is 0 Å². The van der Waals surface area contributed by atoms with Crippen LogP contribution in [-0.4, -0.2) is 11.1 Å². The number of carboxylic acids is 1. The Labute approximate surface area is 116 Å². The molecule has 0 unspecified atom stereocenters. The molecule has 1 N–H and O–H groups in total. The van der Waals surface area contributed by atoms with E-state index in [0.717, 1.165) is 22.3 Å². The molecule has 3 aromatic rings. The summed E-state index contributed by atoms with van der Waals surface area (Å²) < 4.78 is 5.84. The van der Waals surface area contributed by atoms with Crippen LogP contribution in [-0.2, 0) is 0 Å². The highest BCUT2D eigenvalue weighted by Gasteiger charge is 2.09. The number of fused-ring (bicyclic) bond motifs is 1. The SMILES string of the molecule is Cc1cc2cc(-c3ccc(C(=O)O)cc3)oc2cc1C. The minimum atomic E-state index is -0.924. The molecule has 0 fully saturated rings. The molecule has 3 nitrogen and oxygen atoms in total. The molecule has 0 spiro atoms. The first-order chi connectivity index (χ1) is 9.54. The van der Waals surface area contributed by atoms with E-state index in [1.165, 1.54) is 11.1 Å². The van der Waals surface area contributed by atoms with E-state index in [1.54, 1.807) is 24.3 Å². The van der Waals surface area contributed by atoms with E-state index in [4.69, 9.17) is 9.52 Å². The van der Waals surface area contributed by atoms with Gasteiger partial charge in [0.15, 0.2) is 0 Å². The van der Waals surface area contributed by atoms with Gasteiger partial charge in [-0.25, -0.2) is 4.79 Å². The fraction of sp³-hybridized carbons (Fsp3) is 0.118. The number of furan rings is 1. The molecular weight excluding hydrogens is 252 g/mol. The molecule has 0 aliphatic heterocycles. The summed E-state index contributed by atoms with van der Waals surface area (Å²) in [4.78, 5) is 10.8. The van der Waals surface area contributed by atoms with Crippen molar-refractivity contribution in [3.8, 4) is 11.3 Å². The van der Waals surface area contributed by atoms with E-state index in [9.17, 15) is 4.79 Å². The lowest BCUT2D eigenvalue weighted by atomic mass is 10.1. The highest BCUT2D eigenvalue weighted by molar-refractivity contribution is 5.89. The van der Waals surface area contributed by atoms with Crippen molar-refractivity contribution < 1.29 is 14.3 Å². The molecule has 20 heavy (non-hydrogen) atoms. The Kier molecular flexibility index (Phi) is 2.83. The number of rotatable bonds is 2. The van der Waals surface area contributed by atoms with E-state index in [2.05, 4.69) is 19.9 Å². The molecule has 100 valence electrons. The molecule has 0 radical (unpaired) electrons. The van der Waals surface area contributed by atoms with Gasteiger partial charge in [-0.15, -0.1) is 0 Å². The topological polar surface area (TPSA) is 50.4 Å². The molecule has 0 aliphatic rings. The number of aryl methyl sites for hydroxylation is 2. The minimum Gasteiger partial charge on any atom is -0.478 e. The molecule has 0 bridgehead atoms. The Balaban J connectivity index is 2.07. The van der Waals surface area contributed by atoms with Crippen molar-refractivity contribution in [2.24, 2.45) is 0 Å². The van der Waals surface area contributed by atoms with Gasteiger partial charge in [-0.05, 0) is 55.3 Å². The highest BCUT2D eigenvalue weighted by atomic mass is 16.4. The standard InChI is InChI=1S/C17H14O3/c1-10-7-14-9-16(20-15(14)8-11(10)2)12-3-5-13(6-4-12)17(18)19/h3-9H,1-2H3,(H,18,19). The zero-order valence-electron chi connectivity index (χ0n) is 11.3. The summed E-state index contributed by atoms with van der Waals surface area (Å²) in [6, 6.07) is 12.8.